The number of carboxylic acids is 1. The first-order valence-electron chi connectivity index (χ1n) is 8.32. The van der Waals surface area contributed by atoms with Crippen LogP contribution in [0.2, 0.25) is 0 Å². The Hall–Kier alpha value is -3.50. The first-order chi connectivity index (χ1) is 13.9. The summed E-state index contributed by atoms with van der Waals surface area (Å²) in [5.41, 5.74) is 7.39. The molecule has 0 atom stereocenters. The van der Waals surface area contributed by atoms with Crippen LogP contribution >= 0.6 is 11.3 Å². The molecule has 8 nitrogen and oxygen atoms in total. The maximum Gasteiger partial charge on any atom is 0.339 e. The minimum absolute atomic E-state index is 0.00959. The number of rotatable bonds is 5. The molecule has 0 fully saturated rings. The van der Waals surface area contributed by atoms with Crippen LogP contribution in [0, 0.1) is 0 Å². The molecule has 10 heteroatoms. The van der Waals surface area contributed by atoms with Gasteiger partial charge in [0, 0.05) is 0 Å². The van der Waals surface area contributed by atoms with Gasteiger partial charge < -0.3 is 10.8 Å². The summed E-state index contributed by atoms with van der Waals surface area (Å²) in [5.74, 6) is -1.33. The standard InChI is InChI=1S/C19H14N4O4S2/c20-17-15(14-10-21-12-8-4-5-9-13(12)22-14)16(19(24)25)18(28-17)23-29(26,27)11-6-2-1-3-7-11/h1-10,23H,20H2,(H,24,25). The molecule has 146 valence electrons. The summed E-state index contributed by atoms with van der Waals surface area (Å²) < 4.78 is 27.6. The van der Waals surface area contributed by atoms with Gasteiger partial charge in [0.15, 0.2) is 0 Å². The van der Waals surface area contributed by atoms with Crippen molar-refractivity contribution in [3.05, 3.63) is 66.4 Å². The summed E-state index contributed by atoms with van der Waals surface area (Å²) in [5, 5.41) is 9.80. The second-order valence-corrected chi connectivity index (χ2v) is 8.75. The molecule has 0 radical (unpaired) electrons. The van der Waals surface area contributed by atoms with Gasteiger partial charge in [0.1, 0.15) is 10.6 Å². The summed E-state index contributed by atoms with van der Waals surface area (Å²) in [7, 11) is -3.98. The predicted molar refractivity (Wildman–Crippen MR) is 111 cm³/mol. The SMILES string of the molecule is Nc1sc(NS(=O)(=O)c2ccccc2)c(C(=O)O)c1-c1cnc2ccccc2n1. The fourth-order valence-electron chi connectivity index (χ4n) is 2.84. The molecule has 4 aromatic rings. The number of aromatic nitrogens is 2. The number of nitrogens with two attached hydrogens (primary N) is 1. The Morgan fingerprint density at radius 2 is 1.69 bits per heavy atom. The Morgan fingerprint density at radius 1 is 1.03 bits per heavy atom. The highest BCUT2D eigenvalue weighted by molar-refractivity contribution is 7.93. The molecule has 0 aliphatic heterocycles. The van der Waals surface area contributed by atoms with Crippen molar-refractivity contribution < 1.29 is 18.3 Å². The average molecular weight is 426 g/mol. The zero-order valence-electron chi connectivity index (χ0n) is 14.7. The van der Waals surface area contributed by atoms with Gasteiger partial charge in [0.05, 0.1) is 38.4 Å². The third kappa shape index (κ3) is 3.50. The van der Waals surface area contributed by atoms with E-state index in [1.807, 2.05) is 6.07 Å². The first kappa shape index (κ1) is 18.8. The molecule has 2 heterocycles. The molecule has 0 amide bonds. The van der Waals surface area contributed by atoms with Crippen molar-refractivity contribution in [1.82, 2.24) is 9.97 Å². The molecule has 0 aliphatic rings. The first-order valence-corrected chi connectivity index (χ1v) is 10.6. The number of anilines is 2. The van der Waals surface area contributed by atoms with Gasteiger partial charge in [-0.2, -0.15) is 0 Å². The Morgan fingerprint density at radius 3 is 2.38 bits per heavy atom. The number of carbonyl (C=O) groups is 1. The van der Waals surface area contributed by atoms with Gasteiger partial charge in [-0.05, 0) is 24.3 Å². The number of thiophene rings is 1. The minimum atomic E-state index is -3.98. The number of nitrogen functional groups attached to an aromatic ring is 1. The summed E-state index contributed by atoms with van der Waals surface area (Å²) in [6, 6.07) is 14.8. The van der Waals surface area contributed by atoms with E-state index in [9.17, 15) is 18.3 Å². The number of hydrogen-bond donors (Lipinski definition) is 3. The number of sulfonamides is 1. The van der Waals surface area contributed by atoms with E-state index in [1.165, 1.54) is 18.3 Å². The summed E-state index contributed by atoms with van der Waals surface area (Å²) in [4.78, 5) is 20.7. The number of fused-ring (bicyclic) bond motifs is 1. The molecule has 0 spiro atoms. The normalized spacial score (nSPS) is 11.4. The van der Waals surface area contributed by atoms with Crippen molar-refractivity contribution in [2.24, 2.45) is 0 Å². The van der Waals surface area contributed by atoms with Crippen LogP contribution in [0.25, 0.3) is 22.3 Å². The average Bonchev–Trinajstić information content (AvgIpc) is 3.03. The van der Waals surface area contributed by atoms with Crippen molar-refractivity contribution >= 4 is 48.4 Å². The van der Waals surface area contributed by atoms with Crippen LogP contribution in [0.4, 0.5) is 10.0 Å². The lowest BCUT2D eigenvalue weighted by atomic mass is 10.1. The van der Waals surface area contributed by atoms with E-state index in [0.29, 0.717) is 11.0 Å². The number of aromatic carboxylic acids is 1. The van der Waals surface area contributed by atoms with Crippen molar-refractivity contribution in [3.63, 3.8) is 0 Å². The summed E-state index contributed by atoms with van der Waals surface area (Å²) >= 11 is 0.830. The van der Waals surface area contributed by atoms with Gasteiger partial charge in [-0.3, -0.25) is 9.71 Å². The van der Waals surface area contributed by atoms with Gasteiger partial charge in [0.25, 0.3) is 10.0 Å². The third-order valence-electron chi connectivity index (χ3n) is 4.13. The highest BCUT2D eigenvalue weighted by Gasteiger charge is 2.28. The van der Waals surface area contributed by atoms with Crippen LogP contribution < -0.4 is 10.5 Å². The van der Waals surface area contributed by atoms with Crippen LogP contribution in [0.5, 0.6) is 0 Å². The fraction of sp³-hybridized carbons (Fsp3) is 0. The smallest absolute Gasteiger partial charge is 0.339 e. The van der Waals surface area contributed by atoms with E-state index < -0.39 is 16.0 Å². The van der Waals surface area contributed by atoms with Crippen molar-refractivity contribution in [1.29, 1.82) is 0 Å². The van der Waals surface area contributed by atoms with E-state index >= 15 is 0 Å². The highest BCUT2D eigenvalue weighted by Crippen LogP contribution is 2.42. The topological polar surface area (TPSA) is 135 Å². The molecule has 2 aromatic carbocycles. The molecular formula is C19H14N4O4S2. The second kappa shape index (κ2) is 7.15. The van der Waals surface area contributed by atoms with Crippen LogP contribution in [0.1, 0.15) is 10.4 Å². The number of para-hydroxylation sites is 2. The lowest BCUT2D eigenvalue weighted by Crippen LogP contribution is -2.14. The van der Waals surface area contributed by atoms with Crippen molar-refractivity contribution in [2.45, 2.75) is 4.90 Å². The Balaban J connectivity index is 1.84. The molecule has 29 heavy (non-hydrogen) atoms. The summed E-state index contributed by atoms with van der Waals surface area (Å²) in [6.07, 6.45) is 1.42. The quantitative estimate of drug-likeness (QED) is 0.445. The van der Waals surface area contributed by atoms with Crippen molar-refractivity contribution in [3.8, 4) is 11.3 Å². The highest BCUT2D eigenvalue weighted by atomic mass is 32.2. The van der Waals surface area contributed by atoms with Gasteiger partial charge in [-0.25, -0.2) is 18.2 Å². The lowest BCUT2D eigenvalue weighted by Gasteiger charge is -2.08. The molecule has 0 unspecified atom stereocenters. The van der Waals surface area contributed by atoms with Crippen LogP contribution in [-0.4, -0.2) is 29.5 Å². The molecular weight excluding hydrogens is 412 g/mol. The van der Waals surface area contributed by atoms with Gasteiger partial charge in [0.2, 0.25) is 0 Å². The molecule has 4 N–H and O–H groups in total. The molecule has 4 rings (SSSR count). The number of benzene rings is 2. The molecule has 0 bridgehead atoms. The van der Waals surface area contributed by atoms with E-state index in [2.05, 4.69) is 14.7 Å². The molecule has 0 aliphatic carbocycles. The number of carboxylic acid groups (broad SMARTS) is 1. The monoisotopic (exact) mass is 426 g/mol. The zero-order valence-corrected chi connectivity index (χ0v) is 16.4. The summed E-state index contributed by atoms with van der Waals surface area (Å²) in [6.45, 7) is 0. The largest absolute Gasteiger partial charge is 0.478 e. The van der Waals surface area contributed by atoms with E-state index in [-0.39, 0.29) is 31.7 Å². The van der Waals surface area contributed by atoms with Crippen LogP contribution in [0.3, 0.4) is 0 Å². The predicted octanol–water partition coefficient (Wildman–Crippen LogP) is 3.44. The molecule has 2 aromatic heterocycles. The maximum atomic E-state index is 12.6. The Bertz CT molecular complexity index is 1340. The number of nitrogens with one attached hydrogen (secondary N) is 1. The third-order valence-corrected chi connectivity index (χ3v) is 6.56. The number of nitrogens with zero attached hydrogens (tertiary/aromatic N) is 2. The Labute approximate surface area is 169 Å². The van der Waals surface area contributed by atoms with Gasteiger partial charge in [-0.15, -0.1) is 0 Å². The number of hydrogen-bond acceptors (Lipinski definition) is 7. The fourth-order valence-corrected chi connectivity index (χ4v) is 5.13. The van der Waals surface area contributed by atoms with E-state index in [4.69, 9.17) is 5.73 Å². The Kier molecular flexibility index (Phi) is 4.65. The minimum Gasteiger partial charge on any atom is -0.478 e. The zero-order chi connectivity index (χ0) is 20.6. The second-order valence-electron chi connectivity index (χ2n) is 6.01. The maximum absolute atomic E-state index is 12.6. The molecule has 0 saturated heterocycles. The van der Waals surface area contributed by atoms with Gasteiger partial charge in [-0.1, -0.05) is 41.7 Å². The van der Waals surface area contributed by atoms with Crippen molar-refractivity contribution in [2.75, 3.05) is 10.5 Å². The van der Waals surface area contributed by atoms with Crippen LogP contribution in [-0.2, 0) is 10.0 Å². The molecule has 0 saturated carbocycles. The van der Waals surface area contributed by atoms with Gasteiger partial charge >= 0.3 is 5.97 Å². The lowest BCUT2D eigenvalue weighted by molar-refractivity contribution is 0.0699. The van der Waals surface area contributed by atoms with E-state index in [1.54, 1.807) is 36.4 Å². The van der Waals surface area contributed by atoms with Crippen LogP contribution in [0.15, 0.2) is 65.7 Å². The van der Waals surface area contributed by atoms with E-state index in [0.717, 1.165) is 11.3 Å².